The van der Waals surface area contributed by atoms with Crippen molar-refractivity contribution in [3.8, 4) is 0 Å². The Labute approximate surface area is 82.2 Å². The van der Waals surface area contributed by atoms with Crippen LogP contribution in [0.25, 0.3) is 0 Å². The molecule has 1 aromatic heterocycles. The summed E-state index contributed by atoms with van der Waals surface area (Å²) < 4.78 is 10.1. The van der Waals surface area contributed by atoms with Crippen molar-refractivity contribution < 1.29 is 13.9 Å². The Balaban J connectivity index is 1.67. The van der Waals surface area contributed by atoms with E-state index in [-0.39, 0.29) is 5.91 Å². The highest BCUT2D eigenvalue weighted by molar-refractivity contribution is 5.76. The van der Waals surface area contributed by atoms with Gasteiger partial charge in [-0.1, -0.05) is 0 Å². The summed E-state index contributed by atoms with van der Waals surface area (Å²) in [4.78, 5) is 11.3. The third kappa shape index (κ3) is 2.35. The molecular weight excluding hydrogens is 182 g/mol. The van der Waals surface area contributed by atoms with Crippen LogP contribution in [0.5, 0.6) is 0 Å². The van der Waals surface area contributed by atoms with E-state index in [1.165, 1.54) is 0 Å². The van der Waals surface area contributed by atoms with Gasteiger partial charge in [0.2, 0.25) is 5.91 Å². The van der Waals surface area contributed by atoms with Crippen molar-refractivity contribution in [3.63, 3.8) is 0 Å². The van der Waals surface area contributed by atoms with Gasteiger partial charge >= 0.3 is 0 Å². The van der Waals surface area contributed by atoms with E-state index in [1.807, 2.05) is 6.07 Å². The Morgan fingerprint density at radius 3 is 3.00 bits per heavy atom. The van der Waals surface area contributed by atoms with Crippen molar-refractivity contribution in [2.45, 2.75) is 13.0 Å². The number of nitrogens with one attached hydrogen (secondary N) is 1. The summed E-state index contributed by atoms with van der Waals surface area (Å²) in [5, 5.41) is 2.80. The number of hydrogen-bond donors (Lipinski definition) is 1. The minimum Gasteiger partial charge on any atom is -0.467 e. The number of furan rings is 1. The molecule has 0 unspecified atom stereocenters. The highest BCUT2D eigenvalue weighted by atomic mass is 16.5. The number of rotatable bonds is 4. The third-order valence-electron chi connectivity index (χ3n) is 2.22. The number of ether oxygens (including phenoxy) is 1. The van der Waals surface area contributed by atoms with Crippen LogP contribution in [0, 0.1) is 5.92 Å². The van der Waals surface area contributed by atoms with Crippen LogP contribution in [0.1, 0.15) is 12.2 Å². The fourth-order valence-corrected chi connectivity index (χ4v) is 1.34. The summed E-state index contributed by atoms with van der Waals surface area (Å²) in [5.74, 6) is 1.25. The summed E-state index contributed by atoms with van der Waals surface area (Å²) in [5.41, 5.74) is 0. The molecule has 1 aliphatic rings. The highest BCUT2D eigenvalue weighted by Gasteiger charge is 2.21. The molecule has 0 radical (unpaired) electrons. The molecule has 2 heterocycles. The molecule has 0 aromatic carbocycles. The third-order valence-corrected chi connectivity index (χ3v) is 2.22. The Hall–Kier alpha value is -1.29. The molecule has 1 saturated heterocycles. The molecule has 76 valence electrons. The van der Waals surface area contributed by atoms with E-state index in [9.17, 15) is 4.79 Å². The minimum absolute atomic E-state index is 0.0645. The van der Waals surface area contributed by atoms with Crippen molar-refractivity contribution in [1.82, 2.24) is 5.32 Å². The van der Waals surface area contributed by atoms with Crippen molar-refractivity contribution in [1.29, 1.82) is 0 Å². The Morgan fingerprint density at radius 1 is 1.57 bits per heavy atom. The molecule has 1 aromatic rings. The van der Waals surface area contributed by atoms with Crippen molar-refractivity contribution in [2.24, 2.45) is 5.92 Å². The van der Waals surface area contributed by atoms with Gasteiger partial charge in [-0.2, -0.15) is 0 Å². The predicted octanol–water partition coefficient (Wildman–Crippen LogP) is 0.932. The molecule has 4 nitrogen and oxygen atoms in total. The van der Waals surface area contributed by atoms with Gasteiger partial charge in [-0.25, -0.2) is 0 Å². The summed E-state index contributed by atoms with van der Waals surface area (Å²) in [6, 6.07) is 3.65. The average molecular weight is 195 g/mol. The van der Waals surface area contributed by atoms with Crippen LogP contribution in [-0.4, -0.2) is 19.1 Å². The van der Waals surface area contributed by atoms with E-state index < -0.39 is 0 Å². The zero-order valence-corrected chi connectivity index (χ0v) is 7.86. The summed E-state index contributed by atoms with van der Waals surface area (Å²) >= 11 is 0. The van der Waals surface area contributed by atoms with Gasteiger partial charge in [0.05, 0.1) is 26.0 Å². The molecule has 0 saturated carbocycles. The van der Waals surface area contributed by atoms with Crippen LogP contribution in [-0.2, 0) is 16.1 Å². The molecule has 0 spiro atoms. The van der Waals surface area contributed by atoms with E-state index in [0.29, 0.717) is 32.1 Å². The summed E-state index contributed by atoms with van der Waals surface area (Å²) in [7, 11) is 0. The molecule has 1 N–H and O–H groups in total. The molecule has 0 aliphatic carbocycles. The fourth-order valence-electron chi connectivity index (χ4n) is 1.34. The number of carbonyl (C=O) groups excluding carboxylic acids is 1. The zero-order chi connectivity index (χ0) is 9.80. The van der Waals surface area contributed by atoms with Gasteiger partial charge in [-0.15, -0.1) is 0 Å². The standard InChI is InChI=1S/C10H13NO3/c12-10(4-8-6-13-7-8)11-5-9-2-1-3-14-9/h1-3,8H,4-7H2,(H,11,12). The van der Waals surface area contributed by atoms with Gasteiger partial charge in [0.1, 0.15) is 5.76 Å². The first-order valence-electron chi connectivity index (χ1n) is 4.71. The second-order valence-corrected chi connectivity index (χ2v) is 3.46. The van der Waals surface area contributed by atoms with E-state index in [2.05, 4.69) is 5.32 Å². The van der Waals surface area contributed by atoms with Gasteiger partial charge < -0.3 is 14.5 Å². The second-order valence-electron chi connectivity index (χ2n) is 3.46. The van der Waals surface area contributed by atoms with Crippen LogP contribution in [0.3, 0.4) is 0 Å². The molecule has 1 amide bonds. The van der Waals surface area contributed by atoms with Crippen LogP contribution < -0.4 is 5.32 Å². The fraction of sp³-hybridized carbons (Fsp3) is 0.500. The van der Waals surface area contributed by atoms with E-state index >= 15 is 0 Å². The normalized spacial score (nSPS) is 16.3. The largest absolute Gasteiger partial charge is 0.467 e. The maximum atomic E-state index is 11.3. The van der Waals surface area contributed by atoms with Crippen LogP contribution in [0.15, 0.2) is 22.8 Å². The first-order chi connectivity index (χ1) is 6.84. The molecule has 2 rings (SSSR count). The van der Waals surface area contributed by atoms with Crippen LogP contribution in [0.2, 0.25) is 0 Å². The monoisotopic (exact) mass is 195 g/mol. The van der Waals surface area contributed by atoms with Crippen LogP contribution >= 0.6 is 0 Å². The molecule has 1 aliphatic heterocycles. The van der Waals surface area contributed by atoms with E-state index in [4.69, 9.17) is 9.15 Å². The van der Waals surface area contributed by atoms with Crippen LogP contribution in [0.4, 0.5) is 0 Å². The summed E-state index contributed by atoms with van der Waals surface area (Å²) in [6.07, 6.45) is 2.15. The first kappa shape index (κ1) is 9.27. The summed E-state index contributed by atoms with van der Waals surface area (Å²) in [6.45, 7) is 1.90. The second kappa shape index (κ2) is 4.28. The quantitative estimate of drug-likeness (QED) is 0.777. The van der Waals surface area contributed by atoms with Crippen molar-refractivity contribution in [3.05, 3.63) is 24.2 Å². The lowest BCUT2D eigenvalue weighted by Gasteiger charge is -2.24. The highest BCUT2D eigenvalue weighted by Crippen LogP contribution is 2.13. The van der Waals surface area contributed by atoms with E-state index in [0.717, 1.165) is 5.76 Å². The molecule has 4 heteroatoms. The lowest BCUT2D eigenvalue weighted by Crippen LogP contribution is -2.34. The molecule has 0 bridgehead atoms. The minimum atomic E-state index is 0.0645. The first-order valence-corrected chi connectivity index (χ1v) is 4.71. The average Bonchev–Trinajstić information content (AvgIpc) is 2.60. The zero-order valence-electron chi connectivity index (χ0n) is 7.86. The SMILES string of the molecule is O=C(CC1COC1)NCc1ccco1. The van der Waals surface area contributed by atoms with Crippen molar-refractivity contribution >= 4 is 5.91 Å². The van der Waals surface area contributed by atoms with E-state index in [1.54, 1.807) is 12.3 Å². The van der Waals surface area contributed by atoms with Crippen molar-refractivity contribution in [2.75, 3.05) is 13.2 Å². The number of hydrogen-bond acceptors (Lipinski definition) is 3. The van der Waals surface area contributed by atoms with Gasteiger partial charge in [-0.3, -0.25) is 4.79 Å². The smallest absolute Gasteiger partial charge is 0.220 e. The molecular formula is C10H13NO3. The number of carbonyl (C=O) groups is 1. The lowest BCUT2D eigenvalue weighted by molar-refractivity contribution is -0.126. The molecule has 1 fully saturated rings. The topological polar surface area (TPSA) is 51.5 Å². The Kier molecular flexibility index (Phi) is 2.84. The van der Waals surface area contributed by atoms with Gasteiger partial charge in [-0.05, 0) is 12.1 Å². The number of amides is 1. The maximum Gasteiger partial charge on any atom is 0.220 e. The maximum absolute atomic E-state index is 11.3. The van der Waals surface area contributed by atoms with Gasteiger partial charge in [0.15, 0.2) is 0 Å². The van der Waals surface area contributed by atoms with Gasteiger partial charge in [0, 0.05) is 12.3 Å². The predicted molar refractivity (Wildman–Crippen MR) is 49.5 cm³/mol. The lowest BCUT2D eigenvalue weighted by atomic mass is 10.0. The Morgan fingerprint density at radius 2 is 2.43 bits per heavy atom. The van der Waals surface area contributed by atoms with Gasteiger partial charge in [0.25, 0.3) is 0 Å². The molecule has 0 atom stereocenters. The molecule has 14 heavy (non-hydrogen) atoms. The Bertz CT molecular complexity index is 290.